The van der Waals surface area contributed by atoms with Gasteiger partial charge in [0.15, 0.2) is 0 Å². The van der Waals surface area contributed by atoms with Crippen molar-refractivity contribution >= 4 is 11.8 Å². The average molecular weight is 238 g/mol. The first kappa shape index (κ1) is 11.6. The topological polar surface area (TPSA) is 121 Å². The summed E-state index contributed by atoms with van der Waals surface area (Å²) < 4.78 is 0. The maximum absolute atomic E-state index is 11.5. The number of piperidine rings is 1. The number of H-pyrrole nitrogens is 1. The molecule has 1 fully saturated rings. The number of hydrogen-bond acceptors (Lipinski definition) is 5. The van der Waals surface area contributed by atoms with Crippen molar-refractivity contribution in [3.05, 3.63) is 22.2 Å². The first-order valence-corrected chi connectivity index (χ1v) is 5.36. The maximum Gasteiger partial charge on any atom is 0.347 e. The van der Waals surface area contributed by atoms with E-state index in [0.717, 1.165) is 0 Å². The van der Waals surface area contributed by atoms with Crippen LogP contribution in [0.25, 0.3) is 0 Å². The summed E-state index contributed by atoms with van der Waals surface area (Å²) in [6, 6.07) is 1.43. The predicted octanol–water partition coefficient (Wildman–Crippen LogP) is -0.942. The van der Waals surface area contributed by atoms with E-state index in [1.54, 1.807) is 0 Å². The van der Waals surface area contributed by atoms with Crippen molar-refractivity contribution in [1.82, 2.24) is 15.3 Å². The Bertz CT molecular complexity index is 491. The Balaban J connectivity index is 2.52. The highest BCUT2D eigenvalue weighted by atomic mass is 16.4. The van der Waals surface area contributed by atoms with Gasteiger partial charge in [0.2, 0.25) is 0 Å². The molecular weight excluding hydrogens is 224 g/mol. The van der Waals surface area contributed by atoms with E-state index in [1.165, 1.54) is 6.07 Å². The van der Waals surface area contributed by atoms with Gasteiger partial charge in [-0.25, -0.2) is 4.79 Å². The molecule has 0 unspecified atom stereocenters. The fraction of sp³-hybridized carbons (Fsp3) is 0.500. The molecule has 1 saturated heterocycles. The molecular formula is C10H14N4O3. The summed E-state index contributed by atoms with van der Waals surface area (Å²) in [6.45, 7) is 1.19. The lowest BCUT2D eigenvalue weighted by Crippen LogP contribution is -2.46. The number of carboxylic acid groups (broad SMARTS) is 1. The van der Waals surface area contributed by atoms with Crippen molar-refractivity contribution in [2.24, 2.45) is 0 Å². The second-order valence-electron chi connectivity index (χ2n) is 4.16. The number of hydrogen-bond donors (Lipinski definition) is 4. The minimum absolute atomic E-state index is 0.0444. The molecule has 1 aliphatic heterocycles. The lowest BCUT2D eigenvalue weighted by atomic mass is 9.76. The number of nitrogen functional groups attached to an aromatic ring is 1. The largest absolute Gasteiger partial charge is 0.481 e. The highest BCUT2D eigenvalue weighted by Crippen LogP contribution is 2.32. The minimum Gasteiger partial charge on any atom is -0.481 e. The summed E-state index contributed by atoms with van der Waals surface area (Å²) in [5, 5.41) is 12.5. The number of carbonyl (C=O) groups is 1. The number of nitrogens with zero attached hydrogens (tertiary/aromatic N) is 1. The van der Waals surface area contributed by atoms with E-state index in [1.807, 2.05) is 0 Å². The lowest BCUT2D eigenvalue weighted by molar-refractivity contribution is -0.145. The van der Waals surface area contributed by atoms with Crippen LogP contribution in [0.15, 0.2) is 10.9 Å². The Labute approximate surface area is 97.1 Å². The smallest absolute Gasteiger partial charge is 0.347 e. The lowest BCUT2D eigenvalue weighted by Gasteiger charge is -2.33. The molecule has 92 valence electrons. The van der Waals surface area contributed by atoms with Gasteiger partial charge in [-0.1, -0.05) is 0 Å². The Kier molecular flexibility index (Phi) is 2.84. The summed E-state index contributed by atoms with van der Waals surface area (Å²) in [4.78, 5) is 28.7. The first-order chi connectivity index (χ1) is 8.04. The monoisotopic (exact) mass is 238 g/mol. The van der Waals surface area contributed by atoms with E-state index >= 15 is 0 Å². The third-order valence-electron chi connectivity index (χ3n) is 3.15. The quantitative estimate of drug-likeness (QED) is 0.527. The first-order valence-electron chi connectivity index (χ1n) is 5.36. The summed E-state index contributed by atoms with van der Waals surface area (Å²) in [6.07, 6.45) is 0.837. The number of aromatic nitrogens is 2. The summed E-state index contributed by atoms with van der Waals surface area (Å²) >= 11 is 0. The molecule has 2 rings (SSSR count). The van der Waals surface area contributed by atoms with E-state index in [2.05, 4.69) is 15.3 Å². The zero-order chi connectivity index (χ0) is 12.5. The molecule has 0 bridgehead atoms. The number of carboxylic acids is 1. The molecule has 1 aliphatic rings. The van der Waals surface area contributed by atoms with Crippen LogP contribution >= 0.6 is 0 Å². The molecule has 0 amide bonds. The third kappa shape index (κ3) is 2.01. The number of aromatic amines is 1. The van der Waals surface area contributed by atoms with E-state index < -0.39 is 17.1 Å². The van der Waals surface area contributed by atoms with Gasteiger partial charge in [-0.15, -0.1) is 0 Å². The van der Waals surface area contributed by atoms with Crippen LogP contribution in [0.1, 0.15) is 18.5 Å². The van der Waals surface area contributed by atoms with Gasteiger partial charge < -0.3 is 21.1 Å². The van der Waals surface area contributed by atoms with Gasteiger partial charge in [0.25, 0.3) is 0 Å². The van der Waals surface area contributed by atoms with E-state index in [-0.39, 0.29) is 5.82 Å². The van der Waals surface area contributed by atoms with Crippen molar-refractivity contribution in [3.8, 4) is 0 Å². The molecule has 0 atom stereocenters. The number of anilines is 1. The van der Waals surface area contributed by atoms with Gasteiger partial charge in [0.05, 0.1) is 0 Å². The highest BCUT2D eigenvalue weighted by molar-refractivity contribution is 5.81. The van der Waals surface area contributed by atoms with Crippen molar-refractivity contribution in [1.29, 1.82) is 0 Å². The van der Waals surface area contributed by atoms with Crippen molar-refractivity contribution in [2.45, 2.75) is 18.3 Å². The Morgan fingerprint density at radius 3 is 2.65 bits per heavy atom. The zero-order valence-corrected chi connectivity index (χ0v) is 9.19. The van der Waals surface area contributed by atoms with Crippen LogP contribution in [0.5, 0.6) is 0 Å². The third-order valence-corrected chi connectivity index (χ3v) is 3.15. The molecule has 7 heteroatoms. The van der Waals surface area contributed by atoms with Crippen LogP contribution in [0.3, 0.4) is 0 Å². The molecule has 5 N–H and O–H groups in total. The maximum atomic E-state index is 11.5. The molecule has 2 heterocycles. The predicted molar refractivity (Wildman–Crippen MR) is 60.7 cm³/mol. The minimum atomic E-state index is -1.07. The van der Waals surface area contributed by atoms with Crippen molar-refractivity contribution in [3.63, 3.8) is 0 Å². The average Bonchev–Trinajstić information content (AvgIpc) is 2.28. The molecule has 0 radical (unpaired) electrons. The Morgan fingerprint density at radius 1 is 1.47 bits per heavy atom. The fourth-order valence-electron chi connectivity index (χ4n) is 2.19. The van der Waals surface area contributed by atoms with Crippen LogP contribution in [-0.2, 0) is 10.2 Å². The van der Waals surface area contributed by atoms with Gasteiger partial charge in [0, 0.05) is 11.8 Å². The summed E-state index contributed by atoms with van der Waals surface area (Å²) in [7, 11) is 0. The summed E-state index contributed by atoms with van der Waals surface area (Å²) in [5.41, 5.74) is 4.14. The van der Waals surface area contributed by atoms with Gasteiger partial charge in [-0.2, -0.15) is 4.98 Å². The number of nitrogens with two attached hydrogens (primary N) is 1. The van der Waals surface area contributed by atoms with Crippen LogP contribution in [0.4, 0.5) is 5.82 Å². The van der Waals surface area contributed by atoms with E-state index in [9.17, 15) is 14.7 Å². The number of rotatable bonds is 2. The van der Waals surface area contributed by atoms with Crippen LogP contribution < -0.4 is 16.7 Å². The zero-order valence-electron chi connectivity index (χ0n) is 9.19. The van der Waals surface area contributed by atoms with E-state index in [4.69, 9.17) is 5.73 Å². The highest BCUT2D eigenvalue weighted by Gasteiger charge is 2.42. The van der Waals surface area contributed by atoms with Crippen molar-refractivity contribution < 1.29 is 9.90 Å². The molecule has 17 heavy (non-hydrogen) atoms. The van der Waals surface area contributed by atoms with Crippen LogP contribution in [0.2, 0.25) is 0 Å². The molecule has 0 aromatic carbocycles. The number of nitrogens with one attached hydrogen (secondary N) is 2. The van der Waals surface area contributed by atoms with Gasteiger partial charge >= 0.3 is 11.7 Å². The SMILES string of the molecule is Nc1cc(C2(C(=O)O)CCNCC2)[nH]c(=O)n1. The normalized spacial score (nSPS) is 18.8. The van der Waals surface area contributed by atoms with E-state index in [0.29, 0.717) is 31.6 Å². The summed E-state index contributed by atoms with van der Waals surface area (Å²) in [5.74, 6) is -0.900. The van der Waals surface area contributed by atoms with Gasteiger partial charge in [-0.05, 0) is 25.9 Å². The van der Waals surface area contributed by atoms with Gasteiger partial charge in [0.1, 0.15) is 11.2 Å². The van der Waals surface area contributed by atoms with Crippen molar-refractivity contribution in [2.75, 3.05) is 18.8 Å². The molecule has 0 spiro atoms. The Morgan fingerprint density at radius 2 is 2.12 bits per heavy atom. The molecule has 0 aliphatic carbocycles. The molecule has 0 saturated carbocycles. The Hall–Kier alpha value is -1.89. The van der Waals surface area contributed by atoms with Crippen LogP contribution in [0, 0.1) is 0 Å². The number of aliphatic carboxylic acids is 1. The van der Waals surface area contributed by atoms with Crippen LogP contribution in [-0.4, -0.2) is 34.1 Å². The second-order valence-corrected chi connectivity index (χ2v) is 4.16. The molecule has 1 aromatic heterocycles. The second kappa shape index (κ2) is 4.17. The fourth-order valence-corrected chi connectivity index (χ4v) is 2.19. The molecule has 1 aromatic rings. The standard InChI is InChI=1S/C10H14N4O3/c11-7-5-6(13-9(17)14-7)10(8(15)16)1-3-12-4-2-10/h5,12H,1-4H2,(H,15,16)(H3,11,13,14,17). The molecule has 7 nitrogen and oxygen atoms in total. The van der Waals surface area contributed by atoms with Gasteiger partial charge in [-0.3, -0.25) is 4.79 Å².